The van der Waals surface area contributed by atoms with Gasteiger partial charge in [0.25, 0.3) is 0 Å². The number of carbonyl (C=O) groups is 7. The van der Waals surface area contributed by atoms with E-state index in [0.29, 0.717) is 77.7 Å². The number of rotatable bonds is 28. The molecule has 0 aromatic heterocycles. The van der Waals surface area contributed by atoms with Crippen molar-refractivity contribution in [3.05, 3.63) is 58.1 Å². The normalized spacial score (nSPS) is 18.6. The lowest BCUT2D eigenvalue weighted by Crippen LogP contribution is -2.56. The van der Waals surface area contributed by atoms with Gasteiger partial charge in [-0.3, -0.25) is 34.2 Å². The van der Waals surface area contributed by atoms with Gasteiger partial charge in [-0.05, 0) is 107 Å². The quantitative estimate of drug-likeness (QED) is 0.0251. The van der Waals surface area contributed by atoms with E-state index in [1.54, 1.807) is 56.0 Å². The highest BCUT2D eigenvalue weighted by molar-refractivity contribution is 8.00. The molecule has 12 N–H and O–H groups in total. The number of nitrogens with two attached hydrogens (primary N) is 2. The Labute approximate surface area is 426 Å². The molecule has 6 atom stereocenters. The first kappa shape index (κ1) is 57.0. The highest BCUT2D eigenvalue weighted by atomic mass is 32.2. The summed E-state index contributed by atoms with van der Waals surface area (Å²) in [5.74, 6) is -2.02. The summed E-state index contributed by atoms with van der Waals surface area (Å²) < 4.78 is 36.3. The van der Waals surface area contributed by atoms with E-state index < -0.39 is 58.2 Å². The van der Waals surface area contributed by atoms with Crippen molar-refractivity contribution < 1.29 is 46.7 Å². The molecular weight excluding hydrogens is 967 g/mol. The summed E-state index contributed by atoms with van der Waals surface area (Å²) in [6.07, 6.45) is 6.15. The summed E-state index contributed by atoms with van der Waals surface area (Å²) >= 11 is 1.84. The van der Waals surface area contributed by atoms with Crippen LogP contribution in [0.25, 0.3) is 0 Å². The second-order valence-corrected chi connectivity index (χ2v) is 21.7. The fraction of sp³-hybridized carbons (Fsp3) is 0.592. The summed E-state index contributed by atoms with van der Waals surface area (Å²) in [6.45, 7) is 6.24. The maximum Gasteiger partial charge on any atom is 0.315 e. The number of unbranched alkanes of at least 4 members (excludes halogenated alkanes) is 2. The van der Waals surface area contributed by atoms with Crippen LogP contribution in [0.2, 0.25) is 0 Å². The number of carbonyl (C=O) groups excluding carboxylic acids is 7. The zero-order valence-electron chi connectivity index (χ0n) is 41.8. The van der Waals surface area contributed by atoms with E-state index in [0.717, 1.165) is 44.3 Å². The number of fused-ring (bicyclic) bond motifs is 1. The number of sulfonamides is 1. The van der Waals surface area contributed by atoms with Crippen LogP contribution in [0, 0.1) is 26.2 Å². The minimum Gasteiger partial charge on any atom is -0.496 e. The van der Waals surface area contributed by atoms with Gasteiger partial charge in [-0.1, -0.05) is 30.7 Å². The van der Waals surface area contributed by atoms with Gasteiger partial charge >= 0.3 is 6.03 Å². The molecule has 3 aliphatic rings. The molecule has 2 aromatic carbocycles. The number of hydrogen-bond acceptors (Lipinski definition) is 12. The molecule has 5 rings (SSSR count). The first-order valence-electron chi connectivity index (χ1n) is 24.8. The number of primary amides is 1. The van der Waals surface area contributed by atoms with Gasteiger partial charge in [0, 0.05) is 62.0 Å². The molecule has 3 aliphatic heterocycles. The summed E-state index contributed by atoms with van der Waals surface area (Å²) in [5.41, 5.74) is 13.6. The number of piperidine rings is 1. The number of nitrogens with zero attached hydrogens (tertiary/aromatic N) is 1. The molecule has 0 saturated carbocycles. The molecule has 0 bridgehead atoms. The van der Waals surface area contributed by atoms with Crippen molar-refractivity contribution in [3.8, 4) is 5.75 Å². The van der Waals surface area contributed by atoms with Crippen LogP contribution >= 0.6 is 11.8 Å². The Balaban J connectivity index is 1.13. The van der Waals surface area contributed by atoms with Crippen molar-refractivity contribution in [2.45, 2.75) is 151 Å². The fourth-order valence-electron chi connectivity index (χ4n) is 9.29. The lowest BCUT2D eigenvalue weighted by atomic mass is 10.0. The van der Waals surface area contributed by atoms with Gasteiger partial charge in [-0.2, -0.15) is 16.5 Å². The molecule has 3 heterocycles. The zero-order valence-corrected chi connectivity index (χ0v) is 43.4. The number of aryl methyl sites for hydroxylation is 1. The molecule has 21 nitrogen and oxygen atoms in total. The Morgan fingerprint density at radius 2 is 1.51 bits per heavy atom. The third kappa shape index (κ3) is 16.6. The van der Waals surface area contributed by atoms with Crippen LogP contribution in [0.4, 0.5) is 4.79 Å². The summed E-state index contributed by atoms with van der Waals surface area (Å²) in [5, 5.41) is 24.9. The number of likely N-dealkylation sites (tertiary alicyclic amines) is 1. The Hall–Kier alpha value is -5.94. The summed E-state index contributed by atoms with van der Waals surface area (Å²) in [7, 11) is -3.01. The van der Waals surface area contributed by atoms with Crippen LogP contribution in [-0.2, 0) is 45.2 Å². The maximum absolute atomic E-state index is 14.3. The van der Waals surface area contributed by atoms with Crippen LogP contribution in [0.1, 0.15) is 111 Å². The van der Waals surface area contributed by atoms with E-state index in [9.17, 15) is 42.0 Å². The van der Waals surface area contributed by atoms with Gasteiger partial charge < -0.3 is 53.0 Å². The number of benzene rings is 2. The molecule has 8 amide bonds. The van der Waals surface area contributed by atoms with Crippen molar-refractivity contribution in [3.63, 3.8) is 0 Å². The summed E-state index contributed by atoms with van der Waals surface area (Å²) in [6, 6.07) is 4.63. The number of amidine groups is 1. The highest BCUT2D eigenvalue weighted by Gasteiger charge is 2.42. The standard InChI is InChI=1S/C49H73N11O10S2/c1-29-25-38(70-4)30(2)31(3)44(29)72(68,69)59-35(47(65)56-36(48(66)60-23-10-5-11-24-60)26-32-17-19-33(20-18-32)45(50)51)27-42(63)54-22-12-16-41(62)55-34(46(52)64)13-8-9-21-53-40(61)15-7-6-14-39-43-37(28-71-39)57-49(67)58-43/h17-20,25,34-37,39,43,59H,5-16,21-24,26-28H2,1-4H3,(H3,50,51)(H2,52,64)(H,53,61)(H,54,63)(H,55,62)(H,56,65)(H2,57,58,67)/t34-,35-,36+,37-,39?,43-/m0/s1. The SMILES string of the molecule is COc1cc(C)c(S(=O)(=O)N[C@@H](CC(=O)NCCCC(=O)N[C@@H](CCCCNC(=O)CCCCC2SC[C@@H]3NC(=O)N[C@H]23)C(N)=O)C(=O)N[C@H](Cc2ccc(C(=N)N)cc2)C(=O)N2CCCCC2)c(C)c1C. The lowest BCUT2D eigenvalue weighted by Gasteiger charge is -2.31. The average molecular weight is 1040 g/mol. The molecule has 1 unspecified atom stereocenters. The Morgan fingerprint density at radius 3 is 2.19 bits per heavy atom. The minimum absolute atomic E-state index is 0.0302. The van der Waals surface area contributed by atoms with Gasteiger partial charge in [-0.25, -0.2) is 13.2 Å². The summed E-state index contributed by atoms with van der Waals surface area (Å²) in [4.78, 5) is 92.6. The molecule has 23 heteroatoms. The number of urea groups is 1. The topological polar surface area (TPSA) is 326 Å². The maximum atomic E-state index is 14.3. The van der Waals surface area contributed by atoms with E-state index >= 15 is 0 Å². The monoisotopic (exact) mass is 1040 g/mol. The molecule has 2 aromatic rings. The number of methoxy groups -OCH3 is 1. The van der Waals surface area contributed by atoms with E-state index in [1.807, 2.05) is 11.8 Å². The second kappa shape index (κ2) is 27.2. The van der Waals surface area contributed by atoms with Crippen molar-refractivity contribution in [2.75, 3.05) is 39.0 Å². The van der Waals surface area contributed by atoms with Gasteiger partial charge in [0.05, 0.1) is 30.5 Å². The predicted octanol–water partition coefficient (Wildman–Crippen LogP) is 1.56. The van der Waals surface area contributed by atoms with Gasteiger partial charge in [0.15, 0.2) is 0 Å². The van der Waals surface area contributed by atoms with E-state index in [1.165, 1.54) is 7.11 Å². The van der Waals surface area contributed by atoms with E-state index in [-0.39, 0.29) is 72.9 Å². The lowest BCUT2D eigenvalue weighted by molar-refractivity contribution is -0.137. The number of nitrogen functional groups attached to an aromatic ring is 1. The van der Waals surface area contributed by atoms with Crippen LogP contribution in [-0.4, -0.2) is 135 Å². The molecule has 0 aliphatic carbocycles. The van der Waals surface area contributed by atoms with E-state index in [4.69, 9.17) is 21.6 Å². The van der Waals surface area contributed by atoms with Crippen LogP contribution in [0.5, 0.6) is 5.75 Å². The van der Waals surface area contributed by atoms with Crippen molar-refractivity contribution in [1.82, 2.24) is 41.5 Å². The molecular formula is C49H73N11O10S2. The molecule has 72 heavy (non-hydrogen) atoms. The van der Waals surface area contributed by atoms with Crippen molar-refractivity contribution >= 4 is 69.1 Å². The number of ether oxygens (including phenoxy) is 1. The van der Waals surface area contributed by atoms with Crippen molar-refractivity contribution in [1.29, 1.82) is 5.41 Å². The van der Waals surface area contributed by atoms with Crippen molar-refractivity contribution in [2.24, 2.45) is 11.5 Å². The van der Waals surface area contributed by atoms with Crippen LogP contribution in [0.15, 0.2) is 35.2 Å². The third-order valence-electron chi connectivity index (χ3n) is 13.4. The van der Waals surface area contributed by atoms with Gasteiger partial charge in [-0.15, -0.1) is 0 Å². The predicted molar refractivity (Wildman–Crippen MR) is 274 cm³/mol. The molecule has 0 spiro atoms. The first-order valence-corrected chi connectivity index (χ1v) is 27.3. The largest absolute Gasteiger partial charge is 0.496 e. The van der Waals surface area contributed by atoms with Gasteiger partial charge in [0.2, 0.25) is 45.5 Å². The molecule has 3 saturated heterocycles. The Kier molecular flexibility index (Phi) is 21.5. The Bertz CT molecular complexity index is 2400. The van der Waals surface area contributed by atoms with Crippen LogP contribution < -0.4 is 52.8 Å². The Morgan fingerprint density at radius 1 is 0.833 bits per heavy atom. The first-order chi connectivity index (χ1) is 34.3. The molecule has 396 valence electrons. The average Bonchev–Trinajstić information content (AvgIpc) is 3.90. The highest BCUT2D eigenvalue weighted by Crippen LogP contribution is 2.33. The fourth-order valence-corrected chi connectivity index (χ4v) is 12.6. The minimum atomic E-state index is -4.48. The smallest absolute Gasteiger partial charge is 0.315 e. The van der Waals surface area contributed by atoms with E-state index in [2.05, 4.69) is 36.6 Å². The number of thioether (sulfide) groups is 1. The number of amides is 8. The molecule has 0 radical (unpaired) electrons. The number of hydrogen-bond donors (Lipinski definition) is 10. The zero-order chi connectivity index (χ0) is 52.5. The number of nitrogens with one attached hydrogen (secondary N) is 8. The third-order valence-corrected chi connectivity index (χ3v) is 16.6. The molecule has 3 fully saturated rings. The van der Waals surface area contributed by atoms with Crippen LogP contribution in [0.3, 0.4) is 0 Å². The van der Waals surface area contributed by atoms with Gasteiger partial charge in [0.1, 0.15) is 29.7 Å². The second-order valence-electron chi connectivity index (χ2n) is 18.8.